The molecule has 13 aromatic rings. The predicted molar refractivity (Wildman–Crippen MR) is 334 cm³/mol. The Bertz CT molecular complexity index is 4530. The quantitative estimate of drug-likeness (QED) is 0.152. The predicted octanol–water partition coefficient (Wildman–Crippen LogP) is 19.3. The highest BCUT2D eigenvalue weighted by Crippen LogP contribution is 2.65. The standard InChI is InChI=1S/C77H52N4/c1-49-30-40-64-62-26-14-16-28-68(62)77(70(64)42-49)69-29-17-15-27-63(69)65-47-67-66-46-58(61-44-59(52-22-10-4-11-23-52)43-60(45-61)53-24-12-5-13-25-53)39-41-72(66)81(73(67)48-71(65)77)76-79-74(56-35-31-54(32-36-56)50-18-6-2-7-19-50)78-75(80-76)57-37-33-55(34-38-57)51-20-8-3-9-21-51/h2-29,31-49H,30H2,1H3. The number of nitrogens with zero attached hydrogens (tertiary/aromatic N) is 4. The topological polar surface area (TPSA) is 43.6 Å². The Morgan fingerprint density at radius 2 is 0.778 bits per heavy atom. The summed E-state index contributed by atoms with van der Waals surface area (Å²) in [6.45, 7) is 2.36. The van der Waals surface area contributed by atoms with Crippen LogP contribution < -0.4 is 0 Å². The zero-order valence-electron chi connectivity index (χ0n) is 44.6. The molecule has 0 radical (unpaired) electrons. The lowest BCUT2D eigenvalue weighted by molar-refractivity contribution is 0.702. The Hall–Kier alpha value is -10.3. The van der Waals surface area contributed by atoms with Gasteiger partial charge in [0, 0.05) is 21.9 Å². The largest absolute Gasteiger partial charge is 0.278 e. The first-order chi connectivity index (χ1) is 40.0. The van der Waals surface area contributed by atoms with Crippen LogP contribution in [0.5, 0.6) is 0 Å². The first-order valence-corrected chi connectivity index (χ1v) is 28.1. The normalized spacial score (nSPS) is 15.7. The maximum absolute atomic E-state index is 5.56. The molecule has 1 spiro atoms. The van der Waals surface area contributed by atoms with Crippen molar-refractivity contribution in [1.82, 2.24) is 19.5 Å². The van der Waals surface area contributed by atoms with Crippen LogP contribution in [0.1, 0.15) is 35.6 Å². The van der Waals surface area contributed by atoms with E-state index in [1.807, 2.05) is 0 Å². The molecule has 0 aliphatic heterocycles. The Morgan fingerprint density at radius 1 is 0.346 bits per heavy atom. The van der Waals surface area contributed by atoms with Gasteiger partial charge in [-0.15, -0.1) is 0 Å². The Balaban J connectivity index is 0.973. The van der Waals surface area contributed by atoms with Gasteiger partial charge in [-0.3, -0.25) is 4.57 Å². The molecular weight excluding hydrogens is 981 g/mol. The van der Waals surface area contributed by atoms with Gasteiger partial charge in [0.15, 0.2) is 11.6 Å². The molecule has 0 amide bonds. The molecule has 0 bridgehead atoms. The van der Waals surface area contributed by atoms with Crippen molar-refractivity contribution >= 4 is 27.4 Å². The number of hydrogen-bond donors (Lipinski definition) is 0. The molecule has 3 aliphatic rings. The molecule has 11 aromatic carbocycles. The fourth-order valence-electron chi connectivity index (χ4n) is 13.4. The van der Waals surface area contributed by atoms with Gasteiger partial charge in [-0.05, 0) is 155 Å². The molecule has 4 heteroatoms. The SMILES string of the molecule is CC1C=C2C(=CC1)c1ccccc1C21c2ccccc2-c2cc3c4cc(-c5cc(-c6ccccc6)cc(-c6ccccc6)c5)ccc4n(-c4nc(-c5ccc(-c6ccccc6)cc5)nc(-c5ccc(-c6ccccc6)cc5)n4)c3cc21. The molecule has 3 aliphatic carbocycles. The van der Waals surface area contributed by atoms with Crippen LogP contribution in [0.2, 0.25) is 0 Å². The van der Waals surface area contributed by atoms with E-state index in [0.29, 0.717) is 23.5 Å². The summed E-state index contributed by atoms with van der Waals surface area (Å²) in [6, 6.07) is 97.0. The third-order valence-corrected chi connectivity index (χ3v) is 17.2. The van der Waals surface area contributed by atoms with E-state index in [2.05, 4.69) is 291 Å². The molecule has 0 N–H and O–H groups in total. The fraction of sp³-hybridized carbons (Fsp3) is 0.0519. The third kappa shape index (κ3) is 7.55. The van der Waals surface area contributed by atoms with E-state index >= 15 is 0 Å². The highest BCUT2D eigenvalue weighted by Gasteiger charge is 2.54. The molecule has 2 heterocycles. The number of allylic oxidation sites excluding steroid dienone is 4. The maximum atomic E-state index is 5.56. The second-order valence-corrected chi connectivity index (χ2v) is 21.9. The summed E-state index contributed by atoms with van der Waals surface area (Å²) in [5.74, 6) is 2.16. The zero-order chi connectivity index (χ0) is 53.6. The van der Waals surface area contributed by atoms with Gasteiger partial charge < -0.3 is 0 Å². The van der Waals surface area contributed by atoms with Crippen LogP contribution >= 0.6 is 0 Å². The van der Waals surface area contributed by atoms with Crippen molar-refractivity contribution in [2.75, 3.05) is 0 Å². The lowest BCUT2D eigenvalue weighted by Crippen LogP contribution is -2.27. The molecule has 380 valence electrons. The Labute approximate surface area is 471 Å². The van der Waals surface area contributed by atoms with Crippen molar-refractivity contribution in [2.24, 2.45) is 5.92 Å². The minimum atomic E-state index is -0.522. The Kier molecular flexibility index (Phi) is 10.8. The van der Waals surface area contributed by atoms with E-state index in [1.165, 1.54) is 66.8 Å². The Morgan fingerprint density at radius 3 is 1.33 bits per heavy atom. The van der Waals surface area contributed by atoms with Crippen LogP contribution in [0.4, 0.5) is 0 Å². The highest BCUT2D eigenvalue weighted by molar-refractivity contribution is 6.14. The summed E-state index contributed by atoms with van der Waals surface area (Å²) < 4.78 is 2.32. The molecule has 2 unspecified atom stereocenters. The van der Waals surface area contributed by atoms with Gasteiger partial charge in [-0.25, -0.2) is 4.98 Å². The second-order valence-electron chi connectivity index (χ2n) is 21.9. The number of rotatable bonds is 8. The van der Waals surface area contributed by atoms with Crippen LogP contribution in [0.3, 0.4) is 0 Å². The van der Waals surface area contributed by atoms with Gasteiger partial charge >= 0.3 is 0 Å². The van der Waals surface area contributed by atoms with Crippen LogP contribution in [-0.2, 0) is 5.41 Å². The molecule has 2 aromatic heterocycles. The maximum Gasteiger partial charge on any atom is 0.238 e. The van der Waals surface area contributed by atoms with E-state index in [-0.39, 0.29) is 0 Å². The zero-order valence-corrected chi connectivity index (χ0v) is 44.6. The minimum Gasteiger partial charge on any atom is -0.278 e. The summed E-state index contributed by atoms with van der Waals surface area (Å²) in [5, 5.41) is 2.26. The number of hydrogen-bond acceptors (Lipinski definition) is 3. The average molecular weight is 1030 g/mol. The van der Waals surface area contributed by atoms with Gasteiger partial charge in [0.25, 0.3) is 0 Å². The van der Waals surface area contributed by atoms with Crippen molar-refractivity contribution in [1.29, 1.82) is 0 Å². The summed E-state index contributed by atoms with van der Waals surface area (Å²) in [4.78, 5) is 16.5. The lowest BCUT2D eigenvalue weighted by atomic mass is 9.69. The van der Waals surface area contributed by atoms with Gasteiger partial charge in [0.2, 0.25) is 5.95 Å². The third-order valence-electron chi connectivity index (χ3n) is 17.2. The van der Waals surface area contributed by atoms with E-state index in [9.17, 15) is 0 Å². The van der Waals surface area contributed by atoms with Crippen LogP contribution in [0, 0.1) is 5.92 Å². The monoisotopic (exact) mass is 1030 g/mol. The summed E-state index contributed by atoms with van der Waals surface area (Å²) in [7, 11) is 0. The molecule has 16 rings (SSSR count). The van der Waals surface area contributed by atoms with Crippen molar-refractivity contribution in [3.05, 3.63) is 307 Å². The van der Waals surface area contributed by atoms with E-state index in [1.54, 1.807) is 0 Å². The molecule has 0 fully saturated rings. The smallest absolute Gasteiger partial charge is 0.238 e. The van der Waals surface area contributed by atoms with Crippen molar-refractivity contribution in [3.8, 4) is 95.5 Å². The summed E-state index contributed by atoms with van der Waals surface area (Å²) in [5.41, 5.74) is 25.4. The van der Waals surface area contributed by atoms with Crippen LogP contribution in [0.15, 0.2) is 285 Å². The summed E-state index contributed by atoms with van der Waals surface area (Å²) in [6.07, 6.45) is 6.08. The first kappa shape index (κ1) is 46.8. The number of fused-ring (bicyclic) bond motifs is 13. The molecule has 2 atom stereocenters. The number of benzene rings is 11. The minimum absolute atomic E-state index is 0.396. The summed E-state index contributed by atoms with van der Waals surface area (Å²) >= 11 is 0. The molecule has 0 saturated carbocycles. The fourth-order valence-corrected chi connectivity index (χ4v) is 13.4. The van der Waals surface area contributed by atoms with E-state index in [4.69, 9.17) is 15.0 Å². The molecule has 0 saturated heterocycles. The van der Waals surface area contributed by atoms with Crippen molar-refractivity contribution in [2.45, 2.75) is 18.8 Å². The van der Waals surface area contributed by atoms with E-state index < -0.39 is 5.41 Å². The van der Waals surface area contributed by atoms with Gasteiger partial charge in [-0.2, -0.15) is 9.97 Å². The lowest BCUT2D eigenvalue weighted by Gasteiger charge is -2.32. The van der Waals surface area contributed by atoms with Crippen LogP contribution in [0.25, 0.3) is 123 Å². The highest BCUT2D eigenvalue weighted by atomic mass is 15.2. The van der Waals surface area contributed by atoms with Gasteiger partial charge in [-0.1, -0.05) is 244 Å². The molecule has 81 heavy (non-hydrogen) atoms. The van der Waals surface area contributed by atoms with E-state index in [0.717, 1.165) is 72.7 Å². The first-order valence-electron chi connectivity index (χ1n) is 28.1. The molecular formula is C77H52N4. The number of aromatic nitrogens is 4. The van der Waals surface area contributed by atoms with Crippen molar-refractivity contribution < 1.29 is 0 Å². The average Bonchev–Trinajstić information content (AvgIpc) is 4.09. The van der Waals surface area contributed by atoms with Crippen LogP contribution in [-0.4, -0.2) is 19.5 Å². The van der Waals surface area contributed by atoms with Crippen molar-refractivity contribution in [3.63, 3.8) is 0 Å². The van der Waals surface area contributed by atoms with Gasteiger partial charge in [0.05, 0.1) is 16.4 Å². The second kappa shape index (κ2) is 18.7. The molecule has 4 nitrogen and oxygen atoms in total. The van der Waals surface area contributed by atoms with Gasteiger partial charge in [0.1, 0.15) is 0 Å².